The van der Waals surface area contributed by atoms with E-state index in [0.29, 0.717) is 0 Å². The SMILES string of the molecule is CC(O)CCNc1ncnc2sccc12. The van der Waals surface area contributed by atoms with Gasteiger partial charge in [-0.05, 0) is 24.8 Å². The summed E-state index contributed by atoms with van der Waals surface area (Å²) in [6.07, 6.45) is 2.00. The van der Waals surface area contributed by atoms with Crippen molar-refractivity contribution < 1.29 is 5.11 Å². The van der Waals surface area contributed by atoms with E-state index in [1.165, 1.54) is 0 Å². The summed E-state index contributed by atoms with van der Waals surface area (Å²) in [6, 6.07) is 2.00. The number of aromatic nitrogens is 2. The minimum absolute atomic E-state index is 0.280. The summed E-state index contributed by atoms with van der Waals surface area (Å²) in [7, 11) is 0. The third kappa shape index (κ3) is 2.43. The maximum Gasteiger partial charge on any atom is 0.138 e. The average Bonchev–Trinajstić information content (AvgIpc) is 2.65. The normalized spacial score (nSPS) is 12.9. The van der Waals surface area contributed by atoms with Crippen LogP contribution < -0.4 is 5.32 Å². The molecular formula is C10H13N3OS. The van der Waals surface area contributed by atoms with Crippen LogP contribution in [-0.4, -0.2) is 27.7 Å². The highest BCUT2D eigenvalue weighted by atomic mass is 32.1. The first-order chi connectivity index (χ1) is 7.27. The molecule has 0 aliphatic carbocycles. The largest absolute Gasteiger partial charge is 0.393 e. The molecule has 4 nitrogen and oxygen atoms in total. The van der Waals surface area contributed by atoms with Gasteiger partial charge in [0, 0.05) is 6.54 Å². The molecule has 0 spiro atoms. The molecule has 0 aliphatic heterocycles. The van der Waals surface area contributed by atoms with E-state index < -0.39 is 0 Å². The van der Waals surface area contributed by atoms with Crippen molar-refractivity contribution in [3.63, 3.8) is 0 Å². The Labute approximate surface area is 92.0 Å². The number of fused-ring (bicyclic) bond motifs is 1. The van der Waals surface area contributed by atoms with Gasteiger partial charge in [0.2, 0.25) is 0 Å². The number of thiophene rings is 1. The number of aliphatic hydroxyl groups excluding tert-OH is 1. The lowest BCUT2D eigenvalue weighted by atomic mass is 10.3. The van der Waals surface area contributed by atoms with E-state index in [9.17, 15) is 0 Å². The van der Waals surface area contributed by atoms with Gasteiger partial charge in [0.25, 0.3) is 0 Å². The van der Waals surface area contributed by atoms with E-state index in [1.807, 2.05) is 11.4 Å². The summed E-state index contributed by atoms with van der Waals surface area (Å²) in [4.78, 5) is 9.33. The van der Waals surface area contributed by atoms with Gasteiger partial charge >= 0.3 is 0 Å². The molecule has 0 bridgehead atoms. The van der Waals surface area contributed by atoms with Crippen molar-refractivity contribution in [2.45, 2.75) is 19.4 Å². The van der Waals surface area contributed by atoms with Gasteiger partial charge < -0.3 is 10.4 Å². The molecule has 1 atom stereocenters. The minimum atomic E-state index is -0.280. The quantitative estimate of drug-likeness (QED) is 0.830. The molecule has 0 radical (unpaired) electrons. The number of hydrogen-bond donors (Lipinski definition) is 2. The van der Waals surface area contributed by atoms with Gasteiger partial charge in [0.05, 0.1) is 11.5 Å². The zero-order chi connectivity index (χ0) is 10.7. The molecule has 0 aliphatic rings. The highest BCUT2D eigenvalue weighted by Crippen LogP contribution is 2.23. The molecule has 2 N–H and O–H groups in total. The Hall–Kier alpha value is -1.20. The summed E-state index contributed by atoms with van der Waals surface area (Å²) in [6.45, 7) is 2.50. The summed E-state index contributed by atoms with van der Waals surface area (Å²) in [5.74, 6) is 0.849. The van der Waals surface area contributed by atoms with Crippen molar-refractivity contribution >= 4 is 27.4 Å². The third-order valence-corrected chi connectivity index (χ3v) is 2.94. The van der Waals surface area contributed by atoms with Gasteiger partial charge in [-0.15, -0.1) is 11.3 Å². The molecule has 2 aromatic heterocycles. The molecule has 0 saturated heterocycles. The van der Waals surface area contributed by atoms with E-state index >= 15 is 0 Å². The molecule has 0 amide bonds. The van der Waals surface area contributed by atoms with Gasteiger partial charge in [0.1, 0.15) is 17.0 Å². The number of rotatable bonds is 4. The Balaban J connectivity index is 2.10. The summed E-state index contributed by atoms with van der Waals surface area (Å²) < 4.78 is 0. The second-order valence-electron chi connectivity index (χ2n) is 3.43. The molecular weight excluding hydrogens is 210 g/mol. The first-order valence-corrected chi connectivity index (χ1v) is 5.75. The molecule has 2 rings (SSSR count). The number of nitrogens with one attached hydrogen (secondary N) is 1. The van der Waals surface area contributed by atoms with Crippen LogP contribution in [0.4, 0.5) is 5.82 Å². The lowest BCUT2D eigenvalue weighted by molar-refractivity contribution is 0.188. The van der Waals surface area contributed by atoms with Crippen LogP contribution in [0.1, 0.15) is 13.3 Å². The van der Waals surface area contributed by atoms with Gasteiger partial charge in [-0.3, -0.25) is 0 Å². The van der Waals surface area contributed by atoms with E-state index in [2.05, 4.69) is 15.3 Å². The van der Waals surface area contributed by atoms with Crippen molar-refractivity contribution in [2.24, 2.45) is 0 Å². The molecule has 80 valence electrons. The smallest absolute Gasteiger partial charge is 0.138 e. The molecule has 15 heavy (non-hydrogen) atoms. The predicted octanol–water partition coefficient (Wildman–Crippen LogP) is 1.87. The van der Waals surface area contributed by atoms with E-state index in [-0.39, 0.29) is 6.10 Å². The van der Waals surface area contributed by atoms with E-state index in [0.717, 1.165) is 29.0 Å². The topological polar surface area (TPSA) is 58.0 Å². The first-order valence-electron chi connectivity index (χ1n) is 4.87. The minimum Gasteiger partial charge on any atom is -0.393 e. The maximum atomic E-state index is 9.13. The molecule has 0 aromatic carbocycles. The van der Waals surface area contributed by atoms with Crippen LogP contribution in [0.5, 0.6) is 0 Å². The molecule has 2 heterocycles. The van der Waals surface area contributed by atoms with E-state index in [4.69, 9.17) is 5.11 Å². The molecule has 5 heteroatoms. The van der Waals surface area contributed by atoms with Crippen LogP contribution in [0.2, 0.25) is 0 Å². The summed E-state index contributed by atoms with van der Waals surface area (Å²) in [5, 5.41) is 15.4. The van der Waals surface area contributed by atoms with Crippen LogP contribution in [0.3, 0.4) is 0 Å². The Morgan fingerprint density at radius 2 is 2.40 bits per heavy atom. The van der Waals surface area contributed by atoms with Gasteiger partial charge in [0.15, 0.2) is 0 Å². The fraction of sp³-hybridized carbons (Fsp3) is 0.400. The van der Waals surface area contributed by atoms with Crippen LogP contribution in [-0.2, 0) is 0 Å². The number of aliphatic hydroxyl groups is 1. The molecule has 0 fully saturated rings. The van der Waals surface area contributed by atoms with Crippen LogP contribution >= 0.6 is 11.3 Å². The Kier molecular flexibility index (Phi) is 3.13. The summed E-state index contributed by atoms with van der Waals surface area (Å²) >= 11 is 1.60. The van der Waals surface area contributed by atoms with Gasteiger partial charge in [-0.2, -0.15) is 0 Å². The maximum absolute atomic E-state index is 9.13. The number of nitrogens with zero attached hydrogens (tertiary/aromatic N) is 2. The number of anilines is 1. The fourth-order valence-corrected chi connectivity index (χ4v) is 2.06. The van der Waals surface area contributed by atoms with Crippen molar-refractivity contribution in [3.8, 4) is 0 Å². The zero-order valence-electron chi connectivity index (χ0n) is 8.47. The van der Waals surface area contributed by atoms with Gasteiger partial charge in [-0.25, -0.2) is 9.97 Å². The van der Waals surface area contributed by atoms with Crippen molar-refractivity contribution in [2.75, 3.05) is 11.9 Å². The monoisotopic (exact) mass is 223 g/mol. The zero-order valence-corrected chi connectivity index (χ0v) is 9.29. The standard InChI is InChI=1S/C10H13N3OS/c1-7(14)2-4-11-9-8-3-5-15-10(8)13-6-12-9/h3,5-7,14H,2,4H2,1H3,(H,11,12,13). The van der Waals surface area contributed by atoms with Gasteiger partial charge in [-0.1, -0.05) is 0 Å². The third-order valence-electron chi connectivity index (χ3n) is 2.12. The molecule has 2 aromatic rings. The van der Waals surface area contributed by atoms with Crippen LogP contribution in [0, 0.1) is 0 Å². The van der Waals surface area contributed by atoms with E-state index in [1.54, 1.807) is 24.6 Å². The lowest BCUT2D eigenvalue weighted by Crippen LogP contribution is -2.10. The highest BCUT2D eigenvalue weighted by molar-refractivity contribution is 7.16. The second kappa shape index (κ2) is 4.55. The Morgan fingerprint density at radius 3 is 3.20 bits per heavy atom. The van der Waals surface area contributed by atoms with Crippen molar-refractivity contribution in [1.82, 2.24) is 9.97 Å². The molecule has 1 unspecified atom stereocenters. The average molecular weight is 223 g/mol. The van der Waals surface area contributed by atoms with Crippen molar-refractivity contribution in [3.05, 3.63) is 17.8 Å². The van der Waals surface area contributed by atoms with Crippen LogP contribution in [0.25, 0.3) is 10.2 Å². The summed E-state index contributed by atoms with van der Waals surface area (Å²) in [5.41, 5.74) is 0. The number of hydrogen-bond acceptors (Lipinski definition) is 5. The van der Waals surface area contributed by atoms with Crippen LogP contribution in [0.15, 0.2) is 17.8 Å². The van der Waals surface area contributed by atoms with Crippen molar-refractivity contribution in [1.29, 1.82) is 0 Å². The first kappa shape index (κ1) is 10.3. The second-order valence-corrected chi connectivity index (χ2v) is 4.32. The predicted molar refractivity (Wildman–Crippen MR) is 62.2 cm³/mol. The highest BCUT2D eigenvalue weighted by Gasteiger charge is 2.03. The lowest BCUT2D eigenvalue weighted by Gasteiger charge is -2.07. The fourth-order valence-electron chi connectivity index (χ4n) is 1.33. The Bertz CT molecular complexity index is 441. The Morgan fingerprint density at radius 1 is 1.53 bits per heavy atom. The molecule has 0 saturated carbocycles.